The first-order valence-electron chi connectivity index (χ1n) is 6.06. The first-order valence-corrected chi connectivity index (χ1v) is 6.06. The molecule has 1 aromatic heterocycles. The molecular formula is C15H18N2O. The highest BCUT2D eigenvalue weighted by Gasteiger charge is 2.10. The molecule has 3 nitrogen and oxygen atoms in total. The largest absolute Gasteiger partial charge is 0.387 e. The number of hydrogen-bond donors (Lipinski definition) is 1. The summed E-state index contributed by atoms with van der Waals surface area (Å²) in [4.78, 5) is 6.18. The number of nitrogens with zero attached hydrogens (tertiary/aromatic N) is 2. The van der Waals surface area contributed by atoms with Gasteiger partial charge in [0.05, 0.1) is 6.10 Å². The molecule has 0 amide bonds. The lowest BCUT2D eigenvalue weighted by Crippen LogP contribution is -2.24. The van der Waals surface area contributed by atoms with Crippen LogP contribution in [0.2, 0.25) is 0 Å². The van der Waals surface area contributed by atoms with E-state index in [0.29, 0.717) is 6.54 Å². The first kappa shape index (κ1) is 12.7. The summed E-state index contributed by atoms with van der Waals surface area (Å²) in [6, 6.07) is 13.7. The number of likely N-dealkylation sites (N-methyl/N-ethyl adjacent to an activating group) is 1. The van der Waals surface area contributed by atoms with Gasteiger partial charge in [-0.15, -0.1) is 0 Å². The lowest BCUT2D eigenvalue weighted by Gasteiger charge is -2.20. The summed E-state index contributed by atoms with van der Waals surface area (Å²) >= 11 is 0. The summed E-state index contributed by atoms with van der Waals surface area (Å²) in [6.45, 7) is 1.40. The third-order valence-corrected chi connectivity index (χ3v) is 2.84. The van der Waals surface area contributed by atoms with Gasteiger partial charge in [0.25, 0.3) is 0 Å². The predicted molar refractivity (Wildman–Crippen MR) is 72.0 cm³/mol. The average Bonchev–Trinajstić information content (AvgIpc) is 2.40. The van der Waals surface area contributed by atoms with Crippen molar-refractivity contribution in [2.45, 2.75) is 12.6 Å². The Bertz CT molecular complexity index is 458. The van der Waals surface area contributed by atoms with Gasteiger partial charge in [0, 0.05) is 25.5 Å². The SMILES string of the molecule is CN(Cc1cccnc1)CC(O)c1ccccc1. The quantitative estimate of drug-likeness (QED) is 0.873. The Balaban J connectivity index is 1.90. The Labute approximate surface area is 108 Å². The van der Waals surface area contributed by atoms with E-state index >= 15 is 0 Å². The zero-order valence-corrected chi connectivity index (χ0v) is 10.5. The maximum atomic E-state index is 10.1. The second kappa shape index (κ2) is 6.28. The van der Waals surface area contributed by atoms with Gasteiger partial charge in [0.2, 0.25) is 0 Å². The van der Waals surface area contributed by atoms with Crippen molar-refractivity contribution < 1.29 is 5.11 Å². The van der Waals surface area contributed by atoms with E-state index in [2.05, 4.69) is 9.88 Å². The minimum absolute atomic E-state index is 0.451. The van der Waals surface area contributed by atoms with Crippen molar-refractivity contribution in [3.8, 4) is 0 Å². The van der Waals surface area contributed by atoms with Crippen molar-refractivity contribution in [1.82, 2.24) is 9.88 Å². The lowest BCUT2D eigenvalue weighted by atomic mass is 10.1. The Kier molecular flexibility index (Phi) is 4.45. The van der Waals surface area contributed by atoms with Gasteiger partial charge in [-0.1, -0.05) is 36.4 Å². The highest BCUT2D eigenvalue weighted by molar-refractivity contribution is 5.17. The van der Waals surface area contributed by atoms with Crippen molar-refractivity contribution in [1.29, 1.82) is 0 Å². The molecule has 1 atom stereocenters. The van der Waals surface area contributed by atoms with Crippen LogP contribution in [-0.4, -0.2) is 28.6 Å². The van der Waals surface area contributed by atoms with Crippen LogP contribution in [0.5, 0.6) is 0 Å². The number of aliphatic hydroxyl groups is 1. The zero-order chi connectivity index (χ0) is 12.8. The van der Waals surface area contributed by atoms with Crippen LogP contribution in [0.3, 0.4) is 0 Å². The van der Waals surface area contributed by atoms with Crippen LogP contribution >= 0.6 is 0 Å². The summed E-state index contributed by atoms with van der Waals surface area (Å²) in [5, 5.41) is 10.1. The van der Waals surface area contributed by atoms with Gasteiger partial charge >= 0.3 is 0 Å². The standard InChI is InChI=1S/C15H18N2O/c1-17(11-13-6-5-9-16-10-13)12-15(18)14-7-3-2-4-8-14/h2-10,15,18H,11-12H2,1H3. The molecule has 1 heterocycles. The van der Waals surface area contributed by atoms with Gasteiger partial charge in [-0.2, -0.15) is 0 Å². The monoisotopic (exact) mass is 242 g/mol. The number of aromatic nitrogens is 1. The number of rotatable bonds is 5. The molecule has 1 unspecified atom stereocenters. The van der Waals surface area contributed by atoms with Crippen molar-refractivity contribution in [2.24, 2.45) is 0 Å². The highest BCUT2D eigenvalue weighted by atomic mass is 16.3. The van der Waals surface area contributed by atoms with Crippen LogP contribution in [-0.2, 0) is 6.54 Å². The Morgan fingerprint density at radius 1 is 1.17 bits per heavy atom. The van der Waals surface area contributed by atoms with E-state index in [1.54, 1.807) is 6.20 Å². The number of pyridine rings is 1. The molecule has 0 saturated heterocycles. The molecular weight excluding hydrogens is 224 g/mol. The summed E-state index contributed by atoms with van der Waals surface area (Å²) in [6.07, 6.45) is 3.17. The summed E-state index contributed by atoms with van der Waals surface area (Å²) in [5.41, 5.74) is 2.11. The Morgan fingerprint density at radius 2 is 1.94 bits per heavy atom. The molecule has 1 N–H and O–H groups in total. The summed E-state index contributed by atoms with van der Waals surface area (Å²) in [7, 11) is 2.00. The van der Waals surface area contributed by atoms with Crippen LogP contribution in [0.1, 0.15) is 17.2 Å². The molecule has 94 valence electrons. The van der Waals surface area contributed by atoms with Gasteiger partial charge in [-0.3, -0.25) is 9.88 Å². The molecule has 18 heavy (non-hydrogen) atoms. The molecule has 0 fully saturated rings. The highest BCUT2D eigenvalue weighted by Crippen LogP contribution is 2.14. The van der Waals surface area contributed by atoms with E-state index in [9.17, 15) is 5.11 Å². The molecule has 0 aliphatic rings. The average molecular weight is 242 g/mol. The van der Waals surface area contributed by atoms with E-state index in [1.807, 2.05) is 55.7 Å². The van der Waals surface area contributed by atoms with E-state index < -0.39 is 6.10 Å². The summed E-state index contributed by atoms with van der Waals surface area (Å²) in [5.74, 6) is 0. The fraction of sp³-hybridized carbons (Fsp3) is 0.267. The molecule has 3 heteroatoms. The number of hydrogen-bond acceptors (Lipinski definition) is 3. The van der Waals surface area contributed by atoms with Crippen molar-refractivity contribution >= 4 is 0 Å². The van der Waals surface area contributed by atoms with E-state index in [4.69, 9.17) is 0 Å². The first-order chi connectivity index (χ1) is 8.75. The molecule has 2 rings (SSSR count). The van der Waals surface area contributed by atoms with Gasteiger partial charge in [-0.25, -0.2) is 0 Å². The zero-order valence-electron chi connectivity index (χ0n) is 10.5. The molecule has 0 bridgehead atoms. The summed E-state index contributed by atoms with van der Waals surface area (Å²) < 4.78 is 0. The second-order valence-electron chi connectivity index (χ2n) is 4.48. The van der Waals surface area contributed by atoms with Crippen LogP contribution in [0, 0.1) is 0 Å². The van der Waals surface area contributed by atoms with E-state index in [-0.39, 0.29) is 0 Å². The predicted octanol–water partition coefficient (Wildman–Crippen LogP) is 2.25. The van der Waals surface area contributed by atoms with Crippen molar-refractivity contribution in [2.75, 3.05) is 13.6 Å². The molecule has 0 spiro atoms. The molecule has 0 aliphatic heterocycles. The second-order valence-corrected chi connectivity index (χ2v) is 4.48. The third kappa shape index (κ3) is 3.65. The fourth-order valence-corrected chi connectivity index (χ4v) is 1.94. The molecule has 0 radical (unpaired) electrons. The normalized spacial score (nSPS) is 12.6. The topological polar surface area (TPSA) is 36.4 Å². The lowest BCUT2D eigenvalue weighted by molar-refractivity contribution is 0.124. The van der Waals surface area contributed by atoms with Gasteiger partial charge in [0.15, 0.2) is 0 Å². The Morgan fingerprint density at radius 3 is 2.61 bits per heavy atom. The minimum atomic E-state index is -0.451. The van der Waals surface area contributed by atoms with Crippen LogP contribution < -0.4 is 0 Å². The van der Waals surface area contributed by atoms with E-state index in [1.165, 1.54) is 0 Å². The third-order valence-electron chi connectivity index (χ3n) is 2.84. The van der Waals surface area contributed by atoms with Gasteiger partial charge < -0.3 is 5.11 Å². The van der Waals surface area contributed by atoms with Crippen LogP contribution in [0.25, 0.3) is 0 Å². The van der Waals surface area contributed by atoms with Gasteiger partial charge in [0.1, 0.15) is 0 Å². The van der Waals surface area contributed by atoms with Gasteiger partial charge in [-0.05, 0) is 24.2 Å². The van der Waals surface area contributed by atoms with E-state index in [0.717, 1.165) is 17.7 Å². The molecule has 0 aliphatic carbocycles. The maximum Gasteiger partial charge on any atom is 0.0916 e. The smallest absolute Gasteiger partial charge is 0.0916 e. The molecule has 0 saturated carbocycles. The minimum Gasteiger partial charge on any atom is -0.387 e. The maximum absolute atomic E-state index is 10.1. The van der Waals surface area contributed by atoms with Crippen molar-refractivity contribution in [3.63, 3.8) is 0 Å². The van der Waals surface area contributed by atoms with Crippen LogP contribution in [0.4, 0.5) is 0 Å². The molecule has 1 aromatic carbocycles. The van der Waals surface area contributed by atoms with Crippen molar-refractivity contribution in [3.05, 3.63) is 66.0 Å². The van der Waals surface area contributed by atoms with Crippen LogP contribution in [0.15, 0.2) is 54.9 Å². The molecule has 2 aromatic rings. The fourth-order valence-electron chi connectivity index (χ4n) is 1.94. The Hall–Kier alpha value is -1.71. The number of benzene rings is 1. The number of aliphatic hydroxyl groups excluding tert-OH is 1.